The van der Waals surface area contributed by atoms with Crippen LogP contribution in [0, 0.1) is 0 Å². The fourth-order valence-electron chi connectivity index (χ4n) is 1.99. The summed E-state index contributed by atoms with van der Waals surface area (Å²) in [5, 5.41) is 12.8. The second-order valence-electron chi connectivity index (χ2n) is 5.26. The van der Waals surface area contributed by atoms with Crippen molar-refractivity contribution in [2.75, 3.05) is 14.2 Å². The minimum absolute atomic E-state index is 0.0956. The Kier molecular flexibility index (Phi) is 5.51. The Hall–Kier alpha value is -2.90. The molecule has 0 bridgehead atoms. The number of methoxy groups -OCH3 is 1. The lowest BCUT2D eigenvalue weighted by atomic mass is 10.2. The number of carboxylic acid groups (broad SMARTS) is 1. The van der Waals surface area contributed by atoms with E-state index in [0.29, 0.717) is 11.7 Å². The van der Waals surface area contributed by atoms with Crippen molar-refractivity contribution < 1.29 is 24.0 Å². The first-order valence-corrected chi connectivity index (χ1v) is 7.38. The summed E-state index contributed by atoms with van der Waals surface area (Å²) in [6, 6.07) is 6.31. The summed E-state index contributed by atoms with van der Waals surface area (Å²) in [6.07, 6.45) is 0.344. The van der Waals surface area contributed by atoms with Crippen LogP contribution in [0.1, 0.15) is 19.2 Å². The lowest BCUT2D eigenvalue weighted by Gasteiger charge is -2.20. The largest absolute Gasteiger partial charge is 0.497 e. The van der Waals surface area contributed by atoms with Gasteiger partial charge in [0, 0.05) is 25.5 Å². The molecule has 1 heterocycles. The third-order valence-corrected chi connectivity index (χ3v) is 3.70. The Bertz CT molecular complexity index is 711. The highest BCUT2D eigenvalue weighted by Crippen LogP contribution is 2.20. The standard InChI is InChI=1S/C16H19N3O5/c1-10(16(21)22)19(2)14(20)9-8-13-17-15(18-24-13)11-4-6-12(23-3)7-5-11/h4-7,10H,8-9H2,1-3H3,(H,21,22). The van der Waals surface area contributed by atoms with Crippen LogP contribution in [0.25, 0.3) is 11.4 Å². The van der Waals surface area contributed by atoms with Gasteiger partial charge in [-0.25, -0.2) is 4.79 Å². The highest BCUT2D eigenvalue weighted by Gasteiger charge is 2.22. The number of hydrogen-bond acceptors (Lipinski definition) is 6. The van der Waals surface area contributed by atoms with Gasteiger partial charge in [0.2, 0.25) is 17.6 Å². The van der Waals surface area contributed by atoms with Gasteiger partial charge in [0.15, 0.2) is 0 Å². The third kappa shape index (κ3) is 4.09. The molecule has 2 aromatic rings. The maximum absolute atomic E-state index is 12.0. The van der Waals surface area contributed by atoms with Crippen molar-refractivity contribution in [3.8, 4) is 17.1 Å². The number of carboxylic acids is 1. The SMILES string of the molecule is COc1ccc(-c2noc(CCC(=O)N(C)C(C)C(=O)O)n2)cc1. The number of likely N-dealkylation sites (N-methyl/N-ethyl adjacent to an activating group) is 1. The zero-order chi connectivity index (χ0) is 17.7. The molecule has 0 saturated heterocycles. The number of benzene rings is 1. The molecule has 1 aromatic carbocycles. The molecule has 1 N–H and O–H groups in total. The number of rotatable bonds is 7. The summed E-state index contributed by atoms with van der Waals surface area (Å²) in [4.78, 5) is 28.3. The van der Waals surface area contributed by atoms with Gasteiger partial charge < -0.3 is 19.3 Å². The lowest BCUT2D eigenvalue weighted by molar-refractivity contribution is -0.148. The van der Waals surface area contributed by atoms with Crippen LogP contribution in [-0.4, -0.2) is 52.2 Å². The number of hydrogen-bond donors (Lipinski definition) is 1. The molecule has 2 rings (SSSR count). The van der Waals surface area contributed by atoms with Gasteiger partial charge in [-0.3, -0.25) is 4.79 Å². The number of aromatic nitrogens is 2. The van der Waals surface area contributed by atoms with Crippen LogP contribution in [0.3, 0.4) is 0 Å². The Balaban J connectivity index is 1.96. The van der Waals surface area contributed by atoms with Crippen LogP contribution >= 0.6 is 0 Å². The molecule has 0 aliphatic heterocycles. The zero-order valence-electron chi connectivity index (χ0n) is 13.7. The molecule has 0 radical (unpaired) electrons. The van der Waals surface area contributed by atoms with E-state index >= 15 is 0 Å². The van der Waals surface area contributed by atoms with Gasteiger partial charge >= 0.3 is 5.97 Å². The molecule has 0 saturated carbocycles. The summed E-state index contributed by atoms with van der Waals surface area (Å²) >= 11 is 0. The number of nitrogens with zero attached hydrogens (tertiary/aromatic N) is 3. The van der Waals surface area contributed by atoms with Crippen LogP contribution < -0.4 is 4.74 Å². The maximum Gasteiger partial charge on any atom is 0.326 e. The first-order valence-electron chi connectivity index (χ1n) is 7.38. The second kappa shape index (κ2) is 7.58. The van der Waals surface area contributed by atoms with Crippen molar-refractivity contribution in [2.24, 2.45) is 0 Å². The van der Waals surface area contributed by atoms with E-state index in [4.69, 9.17) is 14.4 Å². The second-order valence-corrected chi connectivity index (χ2v) is 5.26. The number of carbonyl (C=O) groups excluding carboxylic acids is 1. The molecule has 1 unspecified atom stereocenters. The average Bonchev–Trinajstić information content (AvgIpc) is 3.07. The Morgan fingerprint density at radius 2 is 2.00 bits per heavy atom. The molecular formula is C16H19N3O5. The van der Waals surface area contributed by atoms with Gasteiger partial charge in [-0.15, -0.1) is 0 Å². The monoisotopic (exact) mass is 333 g/mol. The first kappa shape index (κ1) is 17.5. The van der Waals surface area contributed by atoms with Gasteiger partial charge in [-0.05, 0) is 31.2 Å². The number of carbonyl (C=O) groups is 2. The number of aliphatic carboxylic acids is 1. The minimum Gasteiger partial charge on any atom is -0.497 e. The summed E-state index contributed by atoms with van der Waals surface area (Å²) in [6.45, 7) is 1.45. The van der Waals surface area contributed by atoms with E-state index in [1.165, 1.54) is 18.9 Å². The van der Waals surface area contributed by atoms with Gasteiger partial charge in [0.25, 0.3) is 0 Å². The number of ether oxygens (including phenoxy) is 1. The van der Waals surface area contributed by atoms with Gasteiger partial charge in [0.1, 0.15) is 11.8 Å². The highest BCUT2D eigenvalue weighted by molar-refractivity contribution is 5.83. The Labute approximate surface area is 139 Å². The van der Waals surface area contributed by atoms with Crippen molar-refractivity contribution >= 4 is 11.9 Å². The molecule has 0 spiro atoms. The fraction of sp³-hybridized carbons (Fsp3) is 0.375. The topological polar surface area (TPSA) is 106 Å². The van der Waals surface area contributed by atoms with Crippen LogP contribution in [0.15, 0.2) is 28.8 Å². The predicted octanol–water partition coefficient (Wildman–Crippen LogP) is 1.61. The molecule has 0 aliphatic carbocycles. The minimum atomic E-state index is -1.05. The van der Waals surface area contributed by atoms with E-state index in [1.54, 1.807) is 31.4 Å². The molecule has 8 heteroatoms. The number of aryl methyl sites for hydroxylation is 1. The fourth-order valence-corrected chi connectivity index (χ4v) is 1.99. The molecule has 1 aromatic heterocycles. The Morgan fingerprint density at radius 3 is 2.58 bits per heavy atom. The molecule has 0 fully saturated rings. The van der Waals surface area contributed by atoms with E-state index in [-0.39, 0.29) is 18.7 Å². The molecule has 0 aliphatic rings. The predicted molar refractivity (Wildman–Crippen MR) is 84.5 cm³/mol. The van der Waals surface area contributed by atoms with Gasteiger partial charge in [-0.2, -0.15) is 4.98 Å². The molecule has 24 heavy (non-hydrogen) atoms. The normalized spacial score (nSPS) is 11.8. The first-order chi connectivity index (χ1) is 11.4. The van der Waals surface area contributed by atoms with Gasteiger partial charge in [0.05, 0.1) is 7.11 Å². The van der Waals surface area contributed by atoms with Crippen LogP contribution in [0.2, 0.25) is 0 Å². The zero-order valence-corrected chi connectivity index (χ0v) is 13.7. The summed E-state index contributed by atoms with van der Waals surface area (Å²) in [5.41, 5.74) is 0.772. The smallest absolute Gasteiger partial charge is 0.326 e. The third-order valence-electron chi connectivity index (χ3n) is 3.70. The van der Waals surface area contributed by atoms with Crippen molar-refractivity contribution in [3.63, 3.8) is 0 Å². The molecule has 128 valence electrons. The molecule has 8 nitrogen and oxygen atoms in total. The Morgan fingerprint density at radius 1 is 1.33 bits per heavy atom. The van der Waals surface area contributed by atoms with Gasteiger partial charge in [-0.1, -0.05) is 5.16 Å². The molecule has 1 atom stereocenters. The van der Waals surface area contributed by atoms with Crippen LogP contribution in [0.5, 0.6) is 5.75 Å². The quantitative estimate of drug-likeness (QED) is 0.820. The van der Waals surface area contributed by atoms with E-state index in [0.717, 1.165) is 11.3 Å². The lowest BCUT2D eigenvalue weighted by Crippen LogP contribution is -2.40. The van der Waals surface area contributed by atoms with E-state index in [1.807, 2.05) is 0 Å². The van der Waals surface area contributed by atoms with Crippen molar-refractivity contribution in [1.29, 1.82) is 0 Å². The average molecular weight is 333 g/mol. The number of amides is 1. The van der Waals surface area contributed by atoms with Crippen molar-refractivity contribution in [1.82, 2.24) is 15.0 Å². The van der Waals surface area contributed by atoms with Crippen LogP contribution in [-0.2, 0) is 16.0 Å². The summed E-state index contributed by atoms with van der Waals surface area (Å²) < 4.78 is 10.2. The van der Waals surface area contributed by atoms with Crippen molar-refractivity contribution in [2.45, 2.75) is 25.8 Å². The molecular weight excluding hydrogens is 314 g/mol. The van der Waals surface area contributed by atoms with Crippen molar-refractivity contribution in [3.05, 3.63) is 30.2 Å². The van der Waals surface area contributed by atoms with E-state index in [2.05, 4.69) is 10.1 Å². The maximum atomic E-state index is 12.0. The summed E-state index contributed by atoms with van der Waals surface area (Å²) in [5.74, 6) is 0.126. The highest BCUT2D eigenvalue weighted by atomic mass is 16.5. The van der Waals surface area contributed by atoms with Crippen LogP contribution in [0.4, 0.5) is 0 Å². The van der Waals surface area contributed by atoms with E-state index < -0.39 is 12.0 Å². The molecule has 1 amide bonds. The van der Waals surface area contributed by atoms with E-state index in [9.17, 15) is 9.59 Å². The summed E-state index contributed by atoms with van der Waals surface area (Å²) in [7, 11) is 3.04.